The average Bonchev–Trinajstić information content (AvgIpc) is 2.90. The summed E-state index contributed by atoms with van der Waals surface area (Å²) < 4.78 is 11.6. The molecule has 3 rings (SSSR count). The van der Waals surface area contributed by atoms with Crippen LogP contribution in [0.5, 0.6) is 0 Å². The molecule has 2 aliphatic rings. The largest absolute Gasteiger partial charge is 0.378 e. The molecule has 1 spiro atoms. The van der Waals surface area contributed by atoms with Crippen molar-refractivity contribution in [2.75, 3.05) is 26.9 Å². The van der Waals surface area contributed by atoms with E-state index in [2.05, 4.69) is 43.6 Å². The predicted octanol–water partition coefficient (Wildman–Crippen LogP) is 2.84. The minimum absolute atomic E-state index is 0.0132. The quantitative estimate of drug-likeness (QED) is 0.920. The third-order valence-electron chi connectivity index (χ3n) is 4.90. The molecular weight excluding hydrogens is 250 g/mol. The Bertz CT molecular complexity index is 454. The summed E-state index contributed by atoms with van der Waals surface area (Å²) in [6.07, 6.45) is 3.28. The van der Waals surface area contributed by atoms with Gasteiger partial charge in [0.25, 0.3) is 0 Å². The standard InChI is InChI=1S/C17H25NO2/c1-13-5-3-4-6-15(13)16(18-2)14-7-9-20-17(11-14)8-10-19-12-17/h3-6,14,16,18H,7-12H2,1-2H3. The molecule has 3 unspecified atom stereocenters. The van der Waals surface area contributed by atoms with Crippen molar-refractivity contribution in [2.24, 2.45) is 5.92 Å². The van der Waals surface area contributed by atoms with Crippen LogP contribution in [0.15, 0.2) is 24.3 Å². The van der Waals surface area contributed by atoms with E-state index in [9.17, 15) is 0 Å². The van der Waals surface area contributed by atoms with Gasteiger partial charge in [0.1, 0.15) is 0 Å². The van der Waals surface area contributed by atoms with Gasteiger partial charge in [-0.25, -0.2) is 0 Å². The number of nitrogens with one attached hydrogen (secondary N) is 1. The molecule has 2 aliphatic heterocycles. The first-order chi connectivity index (χ1) is 9.74. The molecule has 3 heteroatoms. The monoisotopic (exact) mass is 275 g/mol. The fourth-order valence-corrected chi connectivity index (χ4v) is 3.79. The Morgan fingerprint density at radius 3 is 2.85 bits per heavy atom. The molecule has 0 aromatic heterocycles. The van der Waals surface area contributed by atoms with Gasteiger partial charge >= 0.3 is 0 Å². The molecule has 110 valence electrons. The summed E-state index contributed by atoms with van der Waals surface area (Å²) in [6.45, 7) is 4.68. The van der Waals surface area contributed by atoms with Crippen LogP contribution >= 0.6 is 0 Å². The topological polar surface area (TPSA) is 30.5 Å². The van der Waals surface area contributed by atoms with E-state index < -0.39 is 0 Å². The lowest BCUT2D eigenvalue weighted by molar-refractivity contribution is -0.103. The van der Waals surface area contributed by atoms with Gasteiger partial charge in [-0.1, -0.05) is 24.3 Å². The Morgan fingerprint density at radius 2 is 2.15 bits per heavy atom. The van der Waals surface area contributed by atoms with Gasteiger partial charge in [0.15, 0.2) is 0 Å². The first-order valence-electron chi connectivity index (χ1n) is 7.69. The maximum absolute atomic E-state index is 6.06. The van der Waals surface area contributed by atoms with Gasteiger partial charge in [-0.05, 0) is 43.9 Å². The van der Waals surface area contributed by atoms with Crippen molar-refractivity contribution in [3.05, 3.63) is 35.4 Å². The molecule has 1 aromatic carbocycles. The van der Waals surface area contributed by atoms with Crippen LogP contribution in [0, 0.1) is 12.8 Å². The van der Waals surface area contributed by atoms with E-state index in [0.29, 0.717) is 12.0 Å². The molecule has 0 bridgehead atoms. The van der Waals surface area contributed by atoms with Crippen LogP contribution in [0.2, 0.25) is 0 Å². The highest BCUT2D eigenvalue weighted by atomic mass is 16.6. The summed E-state index contributed by atoms with van der Waals surface area (Å²) >= 11 is 0. The average molecular weight is 275 g/mol. The number of hydrogen-bond acceptors (Lipinski definition) is 3. The van der Waals surface area contributed by atoms with Crippen LogP contribution in [0.25, 0.3) is 0 Å². The molecule has 0 radical (unpaired) electrons. The summed E-state index contributed by atoms with van der Waals surface area (Å²) in [5.41, 5.74) is 2.78. The van der Waals surface area contributed by atoms with Crippen molar-refractivity contribution in [1.82, 2.24) is 5.32 Å². The second-order valence-corrected chi connectivity index (χ2v) is 6.21. The van der Waals surface area contributed by atoms with Gasteiger partial charge in [-0.2, -0.15) is 0 Å². The smallest absolute Gasteiger partial charge is 0.0940 e. The molecule has 20 heavy (non-hydrogen) atoms. The Morgan fingerprint density at radius 1 is 1.30 bits per heavy atom. The Labute approximate surface area is 121 Å². The Hall–Kier alpha value is -0.900. The van der Waals surface area contributed by atoms with Crippen molar-refractivity contribution >= 4 is 0 Å². The normalized spacial score (nSPS) is 31.6. The lowest BCUT2D eigenvalue weighted by Crippen LogP contribution is -2.43. The van der Waals surface area contributed by atoms with Gasteiger partial charge in [-0.15, -0.1) is 0 Å². The maximum atomic E-state index is 6.06. The van der Waals surface area contributed by atoms with Crippen molar-refractivity contribution in [1.29, 1.82) is 0 Å². The summed E-state index contributed by atoms with van der Waals surface area (Å²) in [6, 6.07) is 9.12. The highest BCUT2D eigenvalue weighted by Gasteiger charge is 2.43. The summed E-state index contributed by atoms with van der Waals surface area (Å²) in [4.78, 5) is 0. The van der Waals surface area contributed by atoms with Crippen molar-refractivity contribution in [3.8, 4) is 0 Å². The van der Waals surface area contributed by atoms with E-state index >= 15 is 0 Å². The summed E-state index contributed by atoms with van der Waals surface area (Å²) in [5.74, 6) is 0.622. The van der Waals surface area contributed by atoms with Gasteiger partial charge in [0, 0.05) is 25.7 Å². The van der Waals surface area contributed by atoms with E-state index in [1.54, 1.807) is 0 Å². The molecule has 1 N–H and O–H groups in total. The molecule has 2 saturated heterocycles. The van der Waals surface area contributed by atoms with Gasteiger partial charge in [-0.3, -0.25) is 0 Å². The Kier molecular flexibility index (Phi) is 4.11. The first-order valence-corrected chi connectivity index (χ1v) is 7.69. The van der Waals surface area contributed by atoms with Crippen LogP contribution in [-0.4, -0.2) is 32.5 Å². The first kappa shape index (κ1) is 14.1. The zero-order valence-corrected chi connectivity index (χ0v) is 12.5. The molecule has 0 aliphatic carbocycles. The Balaban J connectivity index is 1.81. The molecule has 0 saturated carbocycles. The number of benzene rings is 1. The van der Waals surface area contributed by atoms with Gasteiger partial charge in [0.2, 0.25) is 0 Å². The molecule has 3 nitrogen and oxygen atoms in total. The second-order valence-electron chi connectivity index (χ2n) is 6.21. The fraction of sp³-hybridized carbons (Fsp3) is 0.647. The molecule has 0 amide bonds. The van der Waals surface area contributed by atoms with E-state index in [0.717, 1.165) is 39.1 Å². The van der Waals surface area contributed by atoms with Crippen molar-refractivity contribution in [2.45, 2.75) is 37.8 Å². The summed E-state index contributed by atoms with van der Waals surface area (Å²) in [5, 5.41) is 3.54. The number of hydrogen-bond donors (Lipinski definition) is 1. The number of ether oxygens (including phenoxy) is 2. The minimum atomic E-state index is -0.0132. The zero-order chi connectivity index (χ0) is 14.0. The lowest BCUT2D eigenvalue weighted by Gasteiger charge is -2.40. The predicted molar refractivity (Wildman–Crippen MR) is 79.8 cm³/mol. The number of rotatable bonds is 3. The van der Waals surface area contributed by atoms with Crippen LogP contribution < -0.4 is 5.32 Å². The molecule has 3 atom stereocenters. The van der Waals surface area contributed by atoms with E-state index in [-0.39, 0.29) is 5.60 Å². The SMILES string of the molecule is CNC(c1ccccc1C)C1CCOC2(CCOC2)C1. The number of aryl methyl sites for hydroxylation is 1. The minimum Gasteiger partial charge on any atom is -0.378 e. The van der Waals surface area contributed by atoms with Crippen molar-refractivity contribution < 1.29 is 9.47 Å². The third kappa shape index (κ3) is 2.62. The van der Waals surface area contributed by atoms with E-state index in [4.69, 9.17) is 9.47 Å². The van der Waals surface area contributed by atoms with Crippen LogP contribution in [-0.2, 0) is 9.47 Å². The molecule has 1 aromatic rings. The van der Waals surface area contributed by atoms with Gasteiger partial charge in [0.05, 0.1) is 12.2 Å². The van der Waals surface area contributed by atoms with E-state index in [1.165, 1.54) is 11.1 Å². The van der Waals surface area contributed by atoms with Crippen LogP contribution in [0.3, 0.4) is 0 Å². The third-order valence-corrected chi connectivity index (χ3v) is 4.90. The van der Waals surface area contributed by atoms with Crippen LogP contribution in [0.1, 0.15) is 36.4 Å². The van der Waals surface area contributed by atoms with Crippen molar-refractivity contribution in [3.63, 3.8) is 0 Å². The van der Waals surface area contributed by atoms with Gasteiger partial charge < -0.3 is 14.8 Å². The van der Waals surface area contributed by atoms with Crippen LogP contribution in [0.4, 0.5) is 0 Å². The maximum Gasteiger partial charge on any atom is 0.0940 e. The van der Waals surface area contributed by atoms with E-state index in [1.807, 2.05) is 0 Å². The zero-order valence-electron chi connectivity index (χ0n) is 12.5. The molecular formula is C17H25NO2. The highest BCUT2D eigenvalue weighted by molar-refractivity contribution is 5.29. The molecule has 2 fully saturated rings. The second kappa shape index (κ2) is 5.84. The lowest BCUT2D eigenvalue weighted by atomic mass is 9.78. The highest BCUT2D eigenvalue weighted by Crippen LogP contribution is 2.41. The fourth-order valence-electron chi connectivity index (χ4n) is 3.79. The summed E-state index contributed by atoms with van der Waals surface area (Å²) in [7, 11) is 2.07. The molecule has 2 heterocycles.